The Morgan fingerprint density at radius 2 is 2.06 bits per heavy atom. The third-order valence-corrected chi connectivity index (χ3v) is 2.85. The largest absolute Gasteiger partial charge is 0.357 e. The van der Waals surface area contributed by atoms with Crippen LogP contribution in [0.15, 0.2) is 23.7 Å². The Hall–Kier alpha value is -2.00. The molecular formula is C11H7F2N3S. The van der Waals surface area contributed by atoms with Gasteiger partial charge in [-0.25, -0.2) is 13.8 Å². The van der Waals surface area contributed by atoms with Gasteiger partial charge in [-0.05, 0) is 12.1 Å². The van der Waals surface area contributed by atoms with E-state index in [2.05, 4.69) is 10.3 Å². The van der Waals surface area contributed by atoms with Crippen LogP contribution in [0.5, 0.6) is 0 Å². The van der Waals surface area contributed by atoms with Gasteiger partial charge in [-0.15, -0.1) is 11.3 Å². The average Bonchev–Trinajstić information content (AvgIpc) is 2.80. The molecule has 2 aromatic rings. The number of nitrogens with zero attached hydrogens (tertiary/aromatic N) is 2. The average molecular weight is 251 g/mol. The summed E-state index contributed by atoms with van der Waals surface area (Å²) in [7, 11) is 0. The maximum absolute atomic E-state index is 13.5. The van der Waals surface area contributed by atoms with Crippen molar-refractivity contribution in [1.82, 2.24) is 4.98 Å². The van der Waals surface area contributed by atoms with Crippen molar-refractivity contribution in [3.05, 3.63) is 46.5 Å². The summed E-state index contributed by atoms with van der Waals surface area (Å²) in [4.78, 5) is 3.93. The van der Waals surface area contributed by atoms with E-state index in [0.29, 0.717) is 5.13 Å². The molecule has 1 aromatic heterocycles. The van der Waals surface area contributed by atoms with E-state index in [0.717, 1.165) is 12.1 Å². The normalized spacial score (nSPS) is 9.94. The number of halogens is 2. The molecule has 0 amide bonds. The lowest BCUT2D eigenvalue weighted by Gasteiger charge is -2.06. The molecule has 0 saturated carbocycles. The van der Waals surface area contributed by atoms with Gasteiger partial charge >= 0.3 is 0 Å². The first kappa shape index (κ1) is 11.5. The van der Waals surface area contributed by atoms with Crippen molar-refractivity contribution in [3.8, 4) is 6.07 Å². The number of rotatable bonds is 3. The van der Waals surface area contributed by atoms with E-state index in [1.165, 1.54) is 11.3 Å². The molecule has 1 N–H and O–H groups in total. The smallest absolute Gasteiger partial charge is 0.182 e. The van der Waals surface area contributed by atoms with Gasteiger partial charge in [0.1, 0.15) is 11.6 Å². The number of nitrogens with one attached hydrogen (secondary N) is 1. The first-order chi connectivity index (χ1) is 8.20. The number of anilines is 1. The number of aromatic nitrogens is 1. The highest BCUT2D eigenvalue weighted by Gasteiger charge is 2.11. The van der Waals surface area contributed by atoms with E-state index >= 15 is 0 Å². The van der Waals surface area contributed by atoms with Gasteiger partial charge in [0.15, 0.2) is 5.13 Å². The molecule has 1 heterocycles. The number of benzene rings is 1. The predicted octanol–water partition coefficient (Wildman–Crippen LogP) is 2.91. The zero-order chi connectivity index (χ0) is 12.3. The first-order valence-electron chi connectivity index (χ1n) is 4.72. The van der Waals surface area contributed by atoms with Gasteiger partial charge in [-0.3, -0.25) is 0 Å². The van der Waals surface area contributed by atoms with Gasteiger partial charge in [-0.1, -0.05) is 0 Å². The molecule has 0 fully saturated rings. The number of hydrogen-bond acceptors (Lipinski definition) is 4. The third kappa shape index (κ3) is 2.57. The molecule has 0 atom stereocenters. The van der Waals surface area contributed by atoms with Crippen LogP contribution in [0.4, 0.5) is 13.9 Å². The number of thiazole rings is 1. The zero-order valence-corrected chi connectivity index (χ0v) is 9.39. The van der Waals surface area contributed by atoms with Crippen molar-refractivity contribution in [3.63, 3.8) is 0 Å². The summed E-state index contributed by atoms with van der Waals surface area (Å²) in [6.07, 6.45) is 1.60. The van der Waals surface area contributed by atoms with Crippen molar-refractivity contribution < 1.29 is 8.78 Å². The Bertz CT molecular complexity index is 538. The maximum atomic E-state index is 13.5. The van der Waals surface area contributed by atoms with Gasteiger partial charge in [0.25, 0.3) is 0 Å². The van der Waals surface area contributed by atoms with E-state index in [-0.39, 0.29) is 17.7 Å². The molecule has 2 rings (SSSR count). The Balaban J connectivity index is 2.19. The minimum Gasteiger partial charge on any atom is -0.357 e. The molecule has 0 bridgehead atoms. The molecule has 0 spiro atoms. The molecule has 17 heavy (non-hydrogen) atoms. The van der Waals surface area contributed by atoms with Crippen LogP contribution in [-0.4, -0.2) is 4.98 Å². The molecule has 0 aliphatic rings. The second-order valence-electron chi connectivity index (χ2n) is 3.22. The van der Waals surface area contributed by atoms with Crippen LogP contribution in [0, 0.1) is 23.0 Å². The fourth-order valence-electron chi connectivity index (χ4n) is 1.31. The molecule has 0 saturated heterocycles. The van der Waals surface area contributed by atoms with Crippen LogP contribution in [0.1, 0.15) is 11.1 Å². The van der Waals surface area contributed by atoms with Crippen LogP contribution in [0.3, 0.4) is 0 Å². The SMILES string of the molecule is N#Cc1cc(F)c(CNc2nccs2)c(F)c1. The van der Waals surface area contributed by atoms with Gasteiger partial charge in [-0.2, -0.15) is 5.26 Å². The topological polar surface area (TPSA) is 48.7 Å². The van der Waals surface area contributed by atoms with Gasteiger partial charge in [0, 0.05) is 23.7 Å². The predicted molar refractivity (Wildman–Crippen MR) is 60.5 cm³/mol. The van der Waals surface area contributed by atoms with Crippen LogP contribution in [-0.2, 0) is 6.54 Å². The van der Waals surface area contributed by atoms with Crippen LogP contribution < -0.4 is 5.32 Å². The maximum Gasteiger partial charge on any atom is 0.182 e. The summed E-state index contributed by atoms with van der Waals surface area (Å²) >= 11 is 1.34. The molecule has 3 nitrogen and oxygen atoms in total. The van der Waals surface area contributed by atoms with Crippen molar-refractivity contribution in [2.24, 2.45) is 0 Å². The lowest BCUT2D eigenvalue weighted by molar-refractivity contribution is 0.559. The van der Waals surface area contributed by atoms with Crippen molar-refractivity contribution in [1.29, 1.82) is 5.26 Å². The Labute approximate surface area is 100 Å². The fourth-order valence-corrected chi connectivity index (χ4v) is 1.84. The van der Waals surface area contributed by atoms with E-state index in [1.807, 2.05) is 0 Å². The van der Waals surface area contributed by atoms with E-state index in [1.54, 1.807) is 17.6 Å². The summed E-state index contributed by atoms with van der Waals surface area (Å²) in [5.41, 5.74) is -0.128. The van der Waals surface area contributed by atoms with Crippen LogP contribution in [0.2, 0.25) is 0 Å². The van der Waals surface area contributed by atoms with E-state index in [9.17, 15) is 8.78 Å². The Morgan fingerprint density at radius 3 is 2.59 bits per heavy atom. The minimum absolute atomic E-state index is 0.00309. The quantitative estimate of drug-likeness (QED) is 0.912. The second kappa shape index (κ2) is 4.89. The van der Waals surface area contributed by atoms with Gasteiger partial charge in [0.05, 0.1) is 11.6 Å². The Kier molecular flexibility index (Phi) is 3.30. The van der Waals surface area contributed by atoms with Gasteiger partial charge in [0.2, 0.25) is 0 Å². The summed E-state index contributed by atoms with van der Waals surface area (Å²) in [5, 5.41) is 13.7. The number of nitriles is 1. The fraction of sp³-hybridized carbons (Fsp3) is 0.0909. The van der Waals surface area contributed by atoms with Crippen molar-refractivity contribution in [2.45, 2.75) is 6.54 Å². The number of hydrogen-bond donors (Lipinski definition) is 1. The minimum atomic E-state index is -0.731. The van der Waals surface area contributed by atoms with Crippen LogP contribution in [0.25, 0.3) is 0 Å². The zero-order valence-electron chi connectivity index (χ0n) is 8.58. The van der Waals surface area contributed by atoms with Gasteiger partial charge < -0.3 is 5.32 Å². The van der Waals surface area contributed by atoms with E-state index < -0.39 is 11.6 Å². The molecule has 86 valence electrons. The molecule has 1 aromatic carbocycles. The van der Waals surface area contributed by atoms with Crippen molar-refractivity contribution in [2.75, 3.05) is 5.32 Å². The first-order valence-corrected chi connectivity index (χ1v) is 5.60. The standard InChI is InChI=1S/C11H7F2N3S/c12-9-3-7(5-14)4-10(13)8(9)6-16-11-15-1-2-17-11/h1-4H,6H2,(H,15,16). The van der Waals surface area contributed by atoms with E-state index in [4.69, 9.17) is 5.26 Å². The lowest BCUT2D eigenvalue weighted by atomic mass is 10.1. The monoisotopic (exact) mass is 251 g/mol. The summed E-state index contributed by atoms with van der Waals surface area (Å²) in [6, 6.07) is 3.73. The summed E-state index contributed by atoms with van der Waals surface area (Å²) in [6.45, 7) is -0.00309. The Morgan fingerprint density at radius 1 is 1.35 bits per heavy atom. The molecular weight excluding hydrogens is 244 g/mol. The molecule has 6 heteroatoms. The summed E-state index contributed by atoms with van der Waals surface area (Å²) in [5.74, 6) is -1.46. The third-order valence-electron chi connectivity index (χ3n) is 2.12. The highest BCUT2D eigenvalue weighted by Crippen LogP contribution is 2.18. The second-order valence-corrected chi connectivity index (χ2v) is 4.12. The lowest BCUT2D eigenvalue weighted by Crippen LogP contribution is -2.05. The summed E-state index contributed by atoms with van der Waals surface area (Å²) < 4.78 is 27.0. The van der Waals surface area contributed by atoms with Crippen LogP contribution >= 0.6 is 11.3 Å². The van der Waals surface area contributed by atoms with Crippen molar-refractivity contribution >= 4 is 16.5 Å². The molecule has 0 radical (unpaired) electrons. The highest BCUT2D eigenvalue weighted by molar-refractivity contribution is 7.13. The molecule has 0 unspecified atom stereocenters. The molecule has 0 aliphatic heterocycles. The highest BCUT2D eigenvalue weighted by atomic mass is 32.1. The molecule has 0 aliphatic carbocycles.